The van der Waals surface area contributed by atoms with Crippen molar-refractivity contribution in [3.63, 3.8) is 0 Å². The van der Waals surface area contributed by atoms with E-state index >= 15 is 0 Å². The van der Waals surface area contributed by atoms with Crippen LogP contribution in [0, 0.1) is 23.7 Å². The van der Waals surface area contributed by atoms with Gasteiger partial charge in [-0.25, -0.2) is 13.1 Å². The van der Waals surface area contributed by atoms with Crippen molar-refractivity contribution in [3.05, 3.63) is 58.1 Å². The SMILES string of the molecule is CCCc1cc(Cl)ccc1C1COc2ccc3cc2N(C1)CC1CCC1C(CN1CC2(CCCN2C)C1)CCCC(C)C(C)S(=O)(=O)NC3=O. The monoisotopic (exact) mass is 724 g/mol. The highest BCUT2D eigenvalue weighted by Gasteiger charge is 2.50. The molecule has 1 N–H and O–H groups in total. The molecular weight excluding hydrogens is 668 g/mol. The average Bonchev–Trinajstić information content (AvgIpc) is 3.34. The van der Waals surface area contributed by atoms with Gasteiger partial charge in [0.2, 0.25) is 10.0 Å². The topological polar surface area (TPSA) is 82.2 Å². The Morgan fingerprint density at radius 3 is 2.56 bits per heavy atom. The van der Waals surface area contributed by atoms with Crippen LogP contribution in [-0.2, 0) is 16.4 Å². The van der Waals surface area contributed by atoms with Crippen molar-refractivity contribution in [2.24, 2.45) is 23.7 Å². The first-order chi connectivity index (χ1) is 24.0. The Balaban J connectivity index is 1.21. The molecule has 1 spiro atoms. The molecule has 1 saturated carbocycles. The average molecular weight is 725 g/mol. The summed E-state index contributed by atoms with van der Waals surface area (Å²) in [4.78, 5) is 21.3. The second-order valence-corrected chi connectivity index (χ2v) is 18.9. The zero-order valence-corrected chi connectivity index (χ0v) is 32.1. The minimum Gasteiger partial charge on any atom is -0.491 e. The van der Waals surface area contributed by atoms with E-state index in [0.717, 1.165) is 68.2 Å². The molecule has 3 fully saturated rings. The standard InChI is InChI=1S/C40H57ClN4O4S/c1-5-8-29-19-34(41)13-15-35(29)33-23-45-22-32-11-14-36(32)31(21-44-25-40(26-44)17-7-18-43(40)4)10-6-9-27(2)28(3)50(47,48)42-39(46)30-12-16-38(49-24-33)37(45)20-30/h12-13,15-16,19-20,27-28,31-33,36H,5-11,14,17-18,21-26H2,1-4H3,(H,42,46). The Labute approximate surface area is 305 Å². The molecule has 1 aliphatic carbocycles. The highest BCUT2D eigenvalue weighted by Crippen LogP contribution is 2.47. The van der Waals surface area contributed by atoms with E-state index in [1.165, 1.54) is 56.4 Å². The predicted octanol–water partition coefficient (Wildman–Crippen LogP) is 6.97. The van der Waals surface area contributed by atoms with Gasteiger partial charge in [-0.3, -0.25) is 14.6 Å². The molecule has 5 aliphatic rings. The number of anilines is 1. The maximum Gasteiger partial charge on any atom is 0.264 e. The summed E-state index contributed by atoms with van der Waals surface area (Å²) < 4.78 is 36.0. The van der Waals surface area contributed by atoms with Crippen LogP contribution in [0.4, 0.5) is 5.69 Å². The summed E-state index contributed by atoms with van der Waals surface area (Å²) >= 11 is 6.48. The molecule has 2 saturated heterocycles. The maximum atomic E-state index is 13.5. The molecule has 50 heavy (non-hydrogen) atoms. The van der Waals surface area contributed by atoms with Gasteiger partial charge in [-0.05, 0) is 131 Å². The van der Waals surface area contributed by atoms with Crippen molar-refractivity contribution in [3.8, 4) is 5.75 Å². The molecule has 2 aromatic carbocycles. The molecule has 10 heteroatoms. The summed E-state index contributed by atoms with van der Waals surface area (Å²) in [7, 11) is -1.56. The first-order valence-electron chi connectivity index (χ1n) is 19.3. The summed E-state index contributed by atoms with van der Waals surface area (Å²) in [6, 6.07) is 11.7. The fraction of sp³-hybridized carbons (Fsp3) is 0.675. The quantitative estimate of drug-likeness (QED) is 0.357. The van der Waals surface area contributed by atoms with Crippen molar-refractivity contribution < 1.29 is 17.9 Å². The number of rotatable bonds is 5. The maximum absolute atomic E-state index is 13.5. The molecular formula is C40H57ClN4O4S. The van der Waals surface area contributed by atoms with Crippen molar-refractivity contribution in [2.75, 3.05) is 57.8 Å². The Morgan fingerprint density at radius 2 is 1.84 bits per heavy atom. The van der Waals surface area contributed by atoms with Gasteiger partial charge in [0.05, 0.1) is 17.5 Å². The second kappa shape index (κ2) is 14.6. The van der Waals surface area contributed by atoms with Gasteiger partial charge in [0, 0.05) is 54.8 Å². The van der Waals surface area contributed by atoms with Gasteiger partial charge in [-0.2, -0.15) is 0 Å². The number of carbonyl (C=O) groups excluding carboxylic acids is 1. The fourth-order valence-corrected chi connectivity index (χ4v) is 11.4. The molecule has 4 heterocycles. The number of ether oxygens (including phenoxy) is 1. The first kappa shape index (κ1) is 36.0. The van der Waals surface area contributed by atoms with Gasteiger partial charge in [-0.1, -0.05) is 44.4 Å². The van der Waals surface area contributed by atoms with E-state index < -0.39 is 21.2 Å². The number of aryl methyl sites for hydroxylation is 1. The third kappa shape index (κ3) is 7.18. The number of likely N-dealkylation sites (tertiary alicyclic amines) is 2. The van der Waals surface area contributed by atoms with Gasteiger partial charge < -0.3 is 9.64 Å². The lowest BCUT2D eigenvalue weighted by molar-refractivity contribution is -0.0413. The molecule has 6 atom stereocenters. The number of likely N-dealkylation sites (N-methyl/N-ethyl adjacent to an activating group) is 1. The zero-order chi connectivity index (χ0) is 35.2. The molecule has 7 rings (SSSR count). The molecule has 0 aromatic heterocycles. The Bertz CT molecular complexity index is 1660. The van der Waals surface area contributed by atoms with Gasteiger partial charge >= 0.3 is 0 Å². The summed E-state index contributed by atoms with van der Waals surface area (Å²) in [5, 5.41) is 0.0888. The highest BCUT2D eigenvalue weighted by atomic mass is 35.5. The van der Waals surface area contributed by atoms with Crippen molar-refractivity contribution in [1.29, 1.82) is 0 Å². The molecule has 2 aromatic rings. The number of carbonyl (C=O) groups is 1. The fourth-order valence-electron chi connectivity index (χ4n) is 9.86. The molecule has 8 nitrogen and oxygen atoms in total. The summed E-state index contributed by atoms with van der Waals surface area (Å²) in [5.74, 6) is 2.01. The van der Waals surface area contributed by atoms with E-state index in [4.69, 9.17) is 16.3 Å². The number of nitrogens with zero attached hydrogens (tertiary/aromatic N) is 3. The first-order valence-corrected chi connectivity index (χ1v) is 21.2. The summed E-state index contributed by atoms with van der Waals surface area (Å²) in [6.07, 6.45) is 10.00. The van der Waals surface area contributed by atoms with E-state index in [0.29, 0.717) is 35.5 Å². The number of sulfonamides is 1. The zero-order valence-electron chi connectivity index (χ0n) is 30.5. The van der Waals surface area contributed by atoms with E-state index in [-0.39, 0.29) is 11.8 Å². The molecule has 6 unspecified atom stereocenters. The van der Waals surface area contributed by atoms with Crippen LogP contribution in [0.15, 0.2) is 36.4 Å². The molecule has 1 amide bonds. The van der Waals surface area contributed by atoms with E-state index in [9.17, 15) is 13.2 Å². The molecule has 274 valence electrons. The Morgan fingerprint density at radius 1 is 1.02 bits per heavy atom. The van der Waals surface area contributed by atoms with Crippen LogP contribution >= 0.6 is 11.6 Å². The number of benzene rings is 2. The van der Waals surface area contributed by atoms with Gasteiger partial charge in [0.25, 0.3) is 5.91 Å². The number of hydrogen-bond acceptors (Lipinski definition) is 7. The van der Waals surface area contributed by atoms with Crippen molar-refractivity contribution in [1.82, 2.24) is 14.5 Å². The molecule has 4 aliphatic heterocycles. The smallest absolute Gasteiger partial charge is 0.264 e. The number of fused-ring (bicyclic) bond motifs is 2. The van der Waals surface area contributed by atoms with Crippen molar-refractivity contribution in [2.45, 2.75) is 95.3 Å². The largest absolute Gasteiger partial charge is 0.491 e. The van der Waals surface area contributed by atoms with Gasteiger partial charge in [0.15, 0.2) is 0 Å². The number of hydrogen-bond donors (Lipinski definition) is 1. The van der Waals surface area contributed by atoms with Gasteiger partial charge in [-0.15, -0.1) is 0 Å². The lowest BCUT2D eigenvalue weighted by Crippen LogP contribution is -2.67. The van der Waals surface area contributed by atoms with Crippen molar-refractivity contribution >= 4 is 33.2 Å². The predicted molar refractivity (Wildman–Crippen MR) is 202 cm³/mol. The second-order valence-electron chi connectivity index (χ2n) is 16.5. The molecule has 0 radical (unpaired) electrons. The van der Waals surface area contributed by atoms with Gasteiger partial charge in [0.1, 0.15) is 5.75 Å². The lowest BCUT2D eigenvalue weighted by atomic mass is 9.65. The van der Waals surface area contributed by atoms with Crippen LogP contribution in [0.1, 0.15) is 99.5 Å². The summed E-state index contributed by atoms with van der Waals surface area (Å²) in [6.45, 7) is 12.8. The third-order valence-corrected chi connectivity index (χ3v) is 15.4. The lowest BCUT2D eigenvalue weighted by Gasteiger charge is -2.54. The third-order valence-electron chi connectivity index (χ3n) is 13.3. The van der Waals surface area contributed by atoms with E-state index in [1.807, 2.05) is 25.1 Å². The minimum absolute atomic E-state index is 0.0520. The van der Waals surface area contributed by atoms with Crippen LogP contribution in [0.25, 0.3) is 0 Å². The van der Waals surface area contributed by atoms with Crippen LogP contribution in [-0.4, -0.2) is 87.8 Å². The highest BCUT2D eigenvalue weighted by molar-refractivity contribution is 7.90. The minimum atomic E-state index is -3.86. The van der Waals surface area contributed by atoms with Crippen LogP contribution in [0.2, 0.25) is 5.02 Å². The summed E-state index contributed by atoms with van der Waals surface area (Å²) in [5.41, 5.74) is 4.14. The van der Waals surface area contributed by atoms with Crippen LogP contribution < -0.4 is 14.4 Å². The van der Waals surface area contributed by atoms with Crippen LogP contribution in [0.5, 0.6) is 5.75 Å². The Hall–Kier alpha value is -2.33. The number of amides is 1. The number of nitrogens with one attached hydrogen (secondary N) is 1. The van der Waals surface area contributed by atoms with E-state index in [2.05, 4.69) is 45.5 Å². The number of halogens is 1. The normalized spacial score (nSPS) is 31.5. The Kier molecular flexibility index (Phi) is 10.5. The van der Waals surface area contributed by atoms with Crippen LogP contribution in [0.3, 0.4) is 0 Å². The van der Waals surface area contributed by atoms with E-state index in [1.54, 1.807) is 13.0 Å². The molecule has 2 bridgehead atoms.